The molecule has 2 aliphatic heterocycles. The van der Waals surface area contributed by atoms with Gasteiger partial charge in [0.25, 0.3) is 5.91 Å². The van der Waals surface area contributed by atoms with Crippen molar-refractivity contribution >= 4 is 17.3 Å². The summed E-state index contributed by atoms with van der Waals surface area (Å²) in [5.41, 5.74) is 4.21. The van der Waals surface area contributed by atoms with Crippen LogP contribution in [-0.2, 0) is 4.79 Å². The number of carbonyl (C=O) groups excluding carboxylic acids is 1. The van der Waals surface area contributed by atoms with E-state index in [0.717, 1.165) is 56.2 Å². The summed E-state index contributed by atoms with van der Waals surface area (Å²) in [6.07, 6.45) is 6.17. The number of hydrogen-bond donors (Lipinski definition) is 0. The average molecular weight is 379 g/mol. The van der Waals surface area contributed by atoms with Crippen molar-refractivity contribution in [3.8, 4) is 0 Å². The van der Waals surface area contributed by atoms with Gasteiger partial charge >= 0.3 is 0 Å². The second kappa shape index (κ2) is 8.02. The molecule has 0 N–H and O–H groups in total. The third-order valence-corrected chi connectivity index (χ3v) is 6.21. The molecule has 1 aliphatic carbocycles. The topological polar surface area (TPSA) is 39.2 Å². The summed E-state index contributed by atoms with van der Waals surface area (Å²) < 4.78 is 0. The lowest BCUT2D eigenvalue weighted by atomic mass is 9.80. The Morgan fingerprint density at radius 2 is 1.82 bits per heavy atom. The van der Waals surface area contributed by atoms with Crippen molar-refractivity contribution in [2.24, 2.45) is 10.9 Å². The Hall–Kier alpha value is -2.24. The number of likely N-dealkylation sites (N-methyl/N-ethyl adjacent to an activating group) is 2. The van der Waals surface area contributed by atoms with Gasteiger partial charge in [-0.15, -0.1) is 0 Å². The van der Waals surface area contributed by atoms with Crippen molar-refractivity contribution in [3.63, 3.8) is 0 Å². The number of allylic oxidation sites excluding steroid dienone is 1. The molecule has 0 saturated carbocycles. The van der Waals surface area contributed by atoms with Gasteiger partial charge < -0.3 is 9.80 Å². The molecule has 2 heterocycles. The van der Waals surface area contributed by atoms with Crippen LogP contribution in [0.25, 0.3) is 0 Å². The molecule has 1 saturated heterocycles. The van der Waals surface area contributed by atoms with Crippen LogP contribution in [0.1, 0.15) is 25.5 Å². The van der Waals surface area contributed by atoms with Crippen LogP contribution in [0.3, 0.4) is 0 Å². The van der Waals surface area contributed by atoms with E-state index in [9.17, 15) is 4.79 Å². The third-order valence-electron chi connectivity index (χ3n) is 6.21. The largest absolute Gasteiger partial charge is 0.339 e. The van der Waals surface area contributed by atoms with Gasteiger partial charge in [0.2, 0.25) is 0 Å². The van der Waals surface area contributed by atoms with Crippen LogP contribution in [-0.4, -0.2) is 72.6 Å². The summed E-state index contributed by atoms with van der Waals surface area (Å²) in [5, 5.41) is 0. The summed E-state index contributed by atoms with van der Waals surface area (Å²) in [7, 11) is 2.18. The van der Waals surface area contributed by atoms with Gasteiger partial charge in [-0.1, -0.05) is 24.3 Å². The molecule has 0 spiro atoms. The molecule has 28 heavy (non-hydrogen) atoms. The highest BCUT2D eigenvalue weighted by molar-refractivity contribution is 6.07. The predicted molar refractivity (Wildman–Crippen MR) is 114 cm³/mol. The van der Waals surface area contributed by atoms with Gasteiger partial charge in [-0.25, -0.2) is 0 Å². The zero-order valence-corrected chi connectivity index (χ0v) is 17.1. The SMILES string of the molecule is CCN(CC)C(=O)C1=CC2C(=Nc3ccccc3C2N2CCN(C)CC2)C=C1. The van der Waals surface area contributed by atoms with Crippen LogP contribution < -0.4 is 0 Å². The first-order valence-corrected chi connectivity index (χ1v) is 10.4. The molecule has 148 valence electrons. The zero-order valence-electron chi connectivity index (χ0n) is 17.1. The number of benzene rings is 1. The van der Waals surface area contributed by atoms with Crippen molar-refractivity contribution in [3.05, 3.63) is 53.6 Å². The van der Waals surface area contributed by atoms with Gasteiger partial charge in [0.15, 0.2) is 0 Å². The van der Waals surface area contributed by atoms with Crippen molar-refractivity contribution in [1.82, 2.24) is 14.7 Å². The quantitative estimate of drug-likeness (QED) is 0.808. The van der Waals surface area contributed by atoms with E-state index < -0.39 is 0 Å². The number of hydrogen-bond acceptors (Lipinski definition) is 4. The number of aliphatic imine (C=N–C) groups is 1. The Bertz CT molecular complexity index is 829. The molecule has 1 fully saturated rings. The predicted octanol–water partition coefficient (Wildman–Crippen LogP) is 3.04. The van der Waals surface area contributed by atoms with E-state index >= 15 is 0 Å². The summed E-state index contributed by atoms with van der Waals surface area (Å²) in [5.74, 6) is 0.245. The number of piperazine rings is 1. The van der Waals surface area contributed by atoms with Crippen LogP contribution in [0, 0.1) is 5.92 Å². The second-order valence-corrected chi connectivity index (χ2v) is 7.84. The van der Waals surface area contributed by atoms with Gasteiger partial charge in [-0.2, -0.15) is 0 Å². The number of para-hydroxylation sites is 1. The number of carbonyl (C=O) groups is 1. The van der Waals surface area contributed by atoms with Crippen molar-refractivity contribution in [2.45, 2.75) is 19.9 Å². The Morgan fingerprint density at radius 1 is 1.11 bits per heavy atom. The molecule has 0 aromatic heterocycles. The Labute approximate surface area is 168 Å². The average Bonchev–Trinajstić information content (AvgIpc) is 2.73. The van der Waals surface area contributed by atoms with Crippen molar-refractivity contribution in [1.29, 1.82) is 0 Å². The molecule has 1 aromatic carbocycles. The molecule has 1 amide bonds. The fourth-order valence-corrected chi connectivity index (χ4v) is 4.52. The lowest BCUT2D eigenvalue weighted by Gasteiger charge is -2.43. The van der Waals surface area contributed by atoms with Crippen LogP contribution in [0.4, 0.5) is 5.69 Å². The minimum absolute atomic E-state index is 0.122. The smallest absolute Gasteiger partial charge is 0.253 e. The molecule has 0 bridgehead atoms. The maximum Gasteiger partial charge on any atom is 0.253 e. The van der Waals surface area contributed by atoms with E-state index in [-0.39, 0.29) is 17.9 Å². The second-order valence-electron chi connectivity index (χ2n) is 7.84. The van der Waals surface area contributed by atoms with Gasteiger partial charge in [-0.3, -0.25) is 14.7 Å². The number of nitrogens with zero attached hydrogens (tertiary/aromatic N) is 4. The molecule has 3 aliphatic rings. The number of amides is 1. The molecule has 2 unspecified atom stereocenters. The van der Waals surface area contributed by atoms with Crippen LogP contribution in [0.2, 0.25) is 0 Å². The summed E-state index contributed by atoms with van der Waals surface area (Å²) in [4.78, 5) is 24.7. The molecule has 5 heteroatoms. The van der Waals surface area contributed by atoms with E-state index in [4.69, 9.17) is 4.99 Å². The van der Waals surface area contributed by atoms with Gasteiger partial charge in [0.1, 0.15) is 0 Å². The third kappa shape index (κ3) is 3.45. The van der Waals surface area contributed by atoms with Gasteiger partial charge in [-0.05, 0) is 44.7 Å². The Kier molecular flexibility index (Phi) is 5.47. The lowest BCUT2D eigenvalue weighted by molar-refractivity contribution is -0.126. The van der Waals surface area contributed by atoms with E-state index in [1.54, 1.807) is 0 Å². The maximum absolute atomic E-state index is 13.0. The zero-order chi connectivity index (χ0) is 19.7. The molecule has 5 nitrogen and oxygen atoms in total. The molecular weight excluding hydrogens is 348 g/mol. The van der Waals surface area contributed by atoms with E-state index in [2.05, 4.69) is 53.3 Å². The fourth-order valence-electron chi connectivity index (χ4n) is 4.52. The molecule has 4 rings (SSSR count). The molecule has 0 radical (unpaired) electrons. The number of rotatable bonds is 4. The first-order valence-electron chi connectivity index (χ1n) is 10.4. The Balaban J connectivity index is 1.72. The summed E-state index contributed by atoms with van der Waals surface area (Å²) in [6, 6.07) is 8.71. The Morgan fingerprint density at radius 3 is 2.54 bits per heavy atom. The van der Waals surface area contributed by atoms with E-state index in [1.165, 1.54) is 5.56 Å². The number of fused-ring (bicyclic) bond motifs is 2. The van der Waals surface area contributed by atoms with Crippen LogP contribution in [0.15, 0.2) is 53.1 Å². The van der Waals surface area contributed by atoms with Crippen LogP contribution in [0.5, 0.6) is 0 Å². The molecule has 2 atom stereocenters. The standard InChI is InChI=1S/C23H30N4O/c1-4-26(5-2)23(28)17-10-11-21-19(16-17)22(27-14-12-25(3)13-15-27)18-8-6-7-9-20(18)24-21/h6-11,16,19,22H,4-5,12-15H2,1-3H3. The highest BCUT2D eigenvalue weighted by Gasteiger charge is 2.38. The highest BCUT2D eigenvalue weighted by atomic mass is 16.2. The van der Waals surface area contributed by atoms with E-state index in [1.807, 2.05) is 24.8 Å². The van der Waals surface area contributed by atoms with Crippen molar-refractivity contribution in [2.75, 3.05) is 46.3 Å². The van der Waals surface area contributed by atoms with Crippen LogP contribution >= 0.6 is 0 Å². The van der Waals surface area contributed by atoms with Crippen molar-refractivity contribution < 1.29 is 4.79 Å². The maximum atomic E-state index is 13.0. The van der Waals surface area contributed by atoms with Gasteiger partial charge in [0.05, 0.1) is 5.69 Å². The summed E-state index contributed by atoms with van der Waals surface area (Å²) in [6.45, 7) is 9.75. The first-order chi connectivity index (χ1) is 13.6. The fraction of sp³-hybridized carbons (Fsp3) is 0.478. The van der Waals surface area contributed by atoms with E-state index in [0.29, 0.717) is 0 Å². The minimum atomic E-state index is 0.122. The monoisotopic (exact) mass is 378 g/mol. The lowest BCUT2D eigenvalue weighted by Crippen LogP contribution is -2.49. The molecule has 1 aromatic rings. The van der Waals surface area contributed by atoms with Gasteiger partial charge in [0, 0.05) is 62.5 Å². The first kappa shape index (κ1) is 19.1. The highest BCUT2D eigenvalue weighted by Crippen LogP contribution is 2.43. The summed E-state index contributed by atoms with van der Waals surface area (Å²) >= 11 is 0. The normalized spacial score (nSPS) is 24.8. The minimum Gasteiger partial charge on any atom is -0.339 e. The molecular formula is C23H30N4O.